The molecule has 3 N–H and O–H groups in total. The molecule has 2 saturated heterocycles. The van der Waals surface area contributed by atoms with Crippen molar-refractivity contribution in [3.8, 4) is 0 Å². The summed E-state index contributed by atoms with van der Waals surface area (Å²) < 4.78 is 17.9. The lowest BCUT2D eigenvalue weighted by Crippen LogP contribution is -2.56. The molecule has 8 atom stereocenters. The minimum Gasteiger partial charge on any atom is -0.444 e. The van der Waals surface area contributed by atoms with Crippen LogP contribution in [-0.4, -0.2) is 199 Å². The van der Waals surface area contributed by atoms with Crippen LogP contribution in [0, 0.1) is 17.8 Å². The number of nitrogens with zero attached hydrogens (tertiary/aromatic N) is 7. The van der Waals surface area contributed by atoms with Crippen molar-refractivity contribution in [3.63, 3.8) is 0 Å². The summed E-state index contributed by atoms with van der Waals surface area (Å²) in [6.07, 6.45) is 5.13. The van der Waals surface area contributed by atoms with Crippen LogP contribution in [0.15, 0.2) is 71.7 Å². The highest BCUT2D eigenvalue weighted by Crippen LogP contribution is 2.30. The number of amides is 8. The molecule has 0 aromatic heterocycles. The average molecular weight is 1160 g/mol. The third kappa shape index (κ3) is 19.3. The van der Waals surface area contributed by atoms with Crippen molar-refractivity contribution < 1.29 is 52.6 Å². The van der Waals surface area contributed by atoms with Crippen molar-refractivity contribution in [2.45, 2.75) is 162 Å². The number of anilines is 1. The molecule has 0 spiro atoms. The first-order valence-electron chi connectivity index (χ1n) is 29.5. The van der Waals surface area contributed by atoms with E-state index in [2.05, 4.69) is 27.8 Å². The second kappa shape index (κ2) is 31.7. The predicted octanol–water partition coefficient (Wildman–Crippen LogP) is 5.87. The Balaban J connectivity index is 1.21. The minimum atomic E-state index is -0.977. The van der Waals surface area contributed by atoms with Crippen LogP contribution in [0.5, 0.6) is 0 Å². The molecule has 2 aromatic carbocycles. The monoisotopic (exact) mass is 1150 g/mol. The van der Waals surface area contributed by atoms with Gasteiger partial charge in [-0.3, -0.25) is 38.5 Å². The van der Waals surface area contributed by atoms with Crippen LogP contribution in [0.25, 0.3) is 0 Å². The van der Waals surface area contributed by atoms with Gasteiger partial charge in [0.1, 0.15) is 17.7 Å². The second-order valence-corrected chi connectivity index (χ2v) is 23.7. The Bertz CT molecular complexity index is 2540. The van der Waals surface area contributed by atoms with Crippen molar-refractivity contribution in [2.24, 2.45) is 22.7 Å². The Morgan fingerprint density at radius 1 is 0.783 bits per heavy atom. The van der Waals surface area contributed by atoms with Crippen molar-refractivity contribution in [2.75, 3.05) is 79.9 Å². The van der Waals surface area contributed by atoms with Crippen LogP contribution >= 0.6 is 0 Å². The molecule has 21 heteroatoms. The lowest BCUT2D eigenvalue weighted by molar-refractivity contribution is -0.146. The number of imide groups is 1. The number of guanidine groups is 1. The zero-order valence-corrected chi connectivity index (χ0v) is 51.5. The molecule has 3 aliphatic rings. The highest BCUT2D eigenvalue weighted by Gasteiger charge is 2.43. The highest BCUT2D eigenvalue weighted by molar-refractivity contribution is 6.12. The summed E-state index contributed by atoms with van der Waals surface area (Å²) in [6, 6.07) is 13.8. The number of rotatable bonds is 27. The molecule has 0 radical (unpaired) electrons. The van der Waals surface area contributed by atoms with E-state index < -0.39 is 59.7 Å². The standard InChI is InChI=1S/C62H94N10O11/c1-14-42(4)55(68(11)59(79)54(41(2)3)66-60(67(9)10)69-34-36-70(37-35-69)61(80)83-62(6,7)8)49(81-12)39-53(76)71-33-21-24-48(71)56(82-13)43(5)57(77)65-47(38-44-22-17-15-18-23-44)58(78)64-46-28-26-45(27-29-46)40-63-50(73)25-19-16-20-32-72-51(74)30-31-52(72)75/h15,17-18,22-23,26-31,41-43,47-49,54-56H,14,16,19-21,24-25,32-40H2,1-13H3,(H,63,73)(H,64,78)(H,65,77)/b66-60-/t42-,43+,47-,48-,49+,54-,55-,56+/m0/s1. The van der Waals surface area contributed by atoms with Crippen molar-refractivity contribution >= 4 is 59.1 Å². The molecule has 21 nitrogen and oxygen atoms in total. The van der Waals surface area contributed by atoms with Crippen molar-refractivity contribution in [1.82, 2.24) is 40.0 Å². The summed E-state index contributed by atoms with van der Waals surface area (Å²) in [5, 5.41) is 8.88. The van der Waals surface area contributed by atoms with E-state index in [1.165, 1.54) is 24.2 Å². The smallest absolute Gasteiger partial charge is 0.410 e. The molecule has 458 valence electrons. The van der Waals surface area contributed by atoms with Crippen molar-refractivity contribution in [1.29, 1.82) is 0 Å². The van der Waals surface area contributed by atoms with Gasteiger partial charge in [0.2, 0.25) is 29.5 Å². The number of aliphatic imine (C=N–C) groups is 1. The molecule has 0 saturated carbocycles. The Morgan fingerprint density at radius 3 is 2.00 bits per heavy atom. The van der Waals surface area contributed by atoms with E-state index in [-0.39, 0.29) is 66.9 Å². The normalized spacial score (nSPS) is 18.3. The molecule has 2 aromatic rings. The fourth-order valence-electron chi connectivity index (χ4n) is 11.0. The number of nitrogens with one attached hydrogen (secondary N) is 3. The molecule has 5 rings (SSSR count). The fourth-order valence-corrected chi connectivity index (χ4v) is 11.0. The third-order valence-electron chi connectivity index (χ3n) is 15.8. The quantitative estimate of drug-likeness (QED) is 0.0412. The van der Waals surface area contributed by atoms with Gasteiger partial charge in [0.15, 0.2) is 5.96 Å². The topological polar surface area (TPSA) is 232 Å². The van der Waals surface area contributed by atoms with Crippen LogP contribution in [0.1, 0.15) is 118 Å². The predicted molar refractivity (Wildman–Crippen MR) is 319 cm³/mol. The van der Waals surface area contributed by atoms with Gasteiger partial charge < -0.3 is 54.7 Å². The number of hydrogen-bond acceptors (Lipinski definition) is 12. The number of carbonyl (C=O) groups excluding carboxylic acids is 8. The summed E-state index contributed by atoms with van der Waals surface area (Å²) in [4.78, 5) is 122. The molecule has 0 unspecified atom stereocenters. The molecule has 3 aliphatic heterocycles. The Hall–Kier alpha value is -6.87. The maximum atomic E-state index is 14.8. The van der Waals surface area contributed by atoms with Crippen molar-refractivity contribution in [3.05, 3.63) is 77.9 Å². The molecular weight excluding hydrogens is 1060 g/mol. The second-order valence-electron chi connectivity index (χ2n) is 23.7. The summed E-state index contributed by atoms with van der Waals surface area (Å²) in [5.74, 6) is -2.38. The minimum absolute atomic E-state index is 0.0270. The fraction of sp³-hybridized carbons (Fsp3) is 0.629. The van der Waals surface area contributed by atoms with Gasteiger partial charge in [-0.25, -0.2) is 9.79 Å². The summed E-state index contributed by atoms with van der Waals surface area (Å²) in [6.45, 7) is 18.3. The first-order valence-corrected chi connectivity index (χ1v) is 29.5. The van der Waals surface area contributed by atoms with Crippen LogP contribution in [0.4, 0.5) is 10.5 Å². The van der Waals surface area contributed by atoms with E-state index in [0.29, 0.717) is 95.9 Å². The number of carbonyl (C=O) groups is 8. The van der Waals surface area contributed by atoms with Crippen LogP contribution < -0.4 is 16.0 Å². The van der Waals surface area contributed by atoms with Crippen LogP contribution in [0.3, 0.4) is 0 Å². The number of benzene rings is 2. The number of likely N-dealkylation sites (N-methyl/N-ethyl adjacent to an activating group) is 1. The van der Waals surface area contributed by atoms with E-state index in [9.17, 15) is 38.4 Å². The first kappa shape index (κ1) is 66.9. The van der Waals surface area contributed by atoms with Gasteiger partial charge >= 0.3 is 6.09 Å². The van der Waals surface area contributed by atoms with Gasteiger partial charge in [-0.1, -0.05) is 89.9 Å². The summed E-state index contributed by atoms with van der Waals surface area (Å²) >= 11 is 0. The number of likely N-dealkylation sites (tertiary alicyclic amines) is 1. The molecule has 83 heavy (non-hydrogen) atoms. The summed E-state index contributed by atoms with van der Waals surface area (Å²) in [7, 11) is 8.64. The number of piperazine rings is 1. The number of ether oxygens (including phenoxy) is 3. The SMILES string of the molecule is CC[C@H](C)[C@@H]([C@@H](CC(=O)N1CCC[C@H]1[C@H](OC)[C@@H](C)C(=O)N[C@@H](Cc1ccccc1)C(=O)Nc1ccc(CNC(=O)CCCCCN2C(=O)C=CC2=O)cc1)OC)N(C)C(=O)[C@@H](/N=C(/N(C)C)N1CCN(C(=O)OC(C)(C)C)CC1)C(C)C. The van der Waals surface area contributed by atoms with Gasteiger partial charge in [-0.05, 0) is 81.5 Å². The molecule has 0 aliphatic carbocycles. The third-order valence-corrected chi connectivity index (χ3v) is 15.8. The van der Waals surface area contributed by atoms with E-state index in [1.807, 2.05) is 90.9 Å². The average Bonchev–Trinajstić information content (AvgIpc) is 4.27. The highest BCUT2D eigenvalue weighted by atomic mass is 16.6. The Labute approximate surface area is 492 Å². The van der Waals surface area contributed by atoms with Crippen LogP contribution in [-0.2, 0) is 60.7 Å². The molecule has 3 heterocycles. The van der Waals surface area contributed by atoms with E-state index in [1.54, 1.807) is 60.0 Å². The maximum Gasteiger partial charge on any atom is 0.410 e. The largest absolute Gasteiger partial charge is 0.444 e. The maximum absolute atomic E-state index is 14.8. The van der Waals surface area contributed by atoms with Gasteiger partial charge in [0, 0.05) is 112 Å². The number of methoxy groups -OCH3 is 2. The Morgan fingerprint density at radius 2 is 1.42 bits per heavy atom. The van der Waals surface area contributed by atoms with Crippen LogP contribution in [0.2, 0.25) is 0 Å². The zero-order valence-electron chi connectivity index (χ0n) is 51.5. The summed E-state index contributed by atoms with van der Waals surface area (Å²) in [5.41, 5.74) is 1.55. The molecule has 2 fully saturated rings. The van der Waals surface area contributed by atoms with E-state index in [0.717, 1.165) is 11.1 Å². The van der Waals surface area contributed by atoms with E-state index in [4.69, 9.17) is 19.2 Å². The van der Waals surface area contributed by atoms with Gasteiger partial charge in [0.05, 0.1) is 36.6 Å². The van der Waals surface area contributed by atoms with E-state index >= 15 is 0 Å². The molecule has 0 bridgehead atoms. The lowest BCUT2D eigenvalue weighted by Gasteiger charge is -2.41. The van der Waals surface area contributed by atoms with Gasteiger partial charge in [-0.15, -0.1) is 0 Å². The zero-order chi connectivity index (χ0) is 61.1. The number of hydrogen-bond donors (Lipinski definition) is 3. The lowest BCUT2D eigenvalue weighted by atomic mass is 9.89. The molecule has 8 amide bonds. The van der Waals surface area contributed by atoms with Gasteiger partial charge in [0.25, 0.3) is 11.8 Å². The Kier molecular flexibility index (Phi) is 25.6. The van der Waals surface area contributed by atoms with Gasteiger partial charge in [-0.2, -0.15) is 0 Å². The molecular formula is C62H94N10O11. The first-order chi connectivity index (χ1) is 39.4. The number of unbranched alkanes of at least 4 members (excludes halogenated alkanes) is 2.